The minimum absolute atomic E-state index is 0.0215. The molecule has 1 unspecified atom stereocenters. The van der Waals surface area contributed by atoms with Crippen LogP contribution in [0.15, 0.2) is 18.2 Å². The molecule has 0 bridgehead atoms. The summed E-state index contributed by atoms with van der Waals surface area (Å²) in [6, 6.07) is 5.83. The van der Waals surface area contributed by atoms with Gasteiger partial charge in [-0.25, -0.2) is 0 Å². The zero-order valence-electron chi connectivity index (χ0n) is 11.9. The van der Waals surface area contributed by atoms with Crippen molar-refractivity contribution in [2.75, 3.05) is 0 Å². The Bertz CT molecular complexity index is 456. The SMILES string of the molecule is Cc1ccc(OC(C)(Br)C(=O)C(C)(C)C)cc1C. The smallest absolute Gasteiger partial charge is 0.218 e. The maximum atomic E-state index is 12.3. The molecule has 0 N–H and O–H groups in total. The number of carbonyl (C=O) groups is 1. The van der Waals surface area contributed by atoms with Crippen LogP contribution in [0.25, 0.3) is 0 Å². The van der Waals surface area contributed by atoms with Gasteiger partial charge in [-0.2, -0.15) is 0 Å². The number of halogens is 1. The number of ether oxygens (including phenoxy) is 1. The first-order valence-corrected chi connectivity index (χ1v) is 6.83. The predicted molar refractivity (Wildman–Crippen MR) is 78.3 cm³/mol. The molecule has 0 fully saturated rings. The van der Waals surface area contributed by atoms with Crippen molar-refractivity contribution in [3.05, 3.63) is 29.3 Å². The van der Waals surface area contributed by atoms with Crippen LogP contribution in [0, 0.1) is 19.3 Å². The van der Waals surface area contributed by atoms with Gasteiger partial charge in [-0.15, -0.1) is 0 Å². The van der Waals surface area contributed by atoms with Crippen molar-refractivity contribution in [3.63, 3.8) is 0 Å². The Morgan fingerprint density at radius 1 is 1.11 bits per heavy atom. The minimum Gasteiger partial charge on any atom is -0.469 e. The molecule has 1 rings (SSSR count). The van der Waals surface area contributed by atoms with Gasteiger partial charge in [0.1, 0.15) is 5.75 Å². The van der Waals surface area contributed by atoms with Crippen molar-refractivity contribution in [2.45, 2.75) is 46.1 Å². The highest BCUT2D eigenvalue weighted by molar-refractivity contribution is 9.10. The third kappa shape index (κ3) is 3.58. The summed E-state index contributed by atoms with van der Waals surface area (Å²) in [4.78, 5) is 12.3. The molecule has 0 saturated carbocycles. The van der Waals surface area contributed by atoms with Crippen molar-refractivity contribution in [1.82, 2.24) is 0 Å². The van der Waals surface area contributed by atoms with Crippen LogP contribution in [0.3, 0.4) is 0 Å². The van der Waals surface area contributed by atoms with Crippen molar-refractivity contribution in [1.29, 1.82) is 0 Å². The Morgan fingerprint density at radius 2 is 1.67 bits per heavy atom. The number of Topliss-reactive ketones (excluding diaryl/α,β-unsaturated/α-hetero) is 1. The molecule has 0 aliphatic carbocycles. The van der Waals surface area contributed by atoms with E-state index in [9.17, 15) is 4.79 Å². The molecule has 1 aromatic rings. The number of benzene rings is 1. The topological polar surface area (TPSA) is 26.3 Å². The molecule has 3 heteroatoms. The fraction of sp³-hybridized carbons (Fsp3) is 0.533. The number of rotatable bonds is 3. The van der Waals surface area contributed by atoms with Crippen molar-refractivity contribution in [2.24, 2.45) is 5.41 Å². The summed E-state index contributed by atoms with van der Waals surface area (Å²) in [5.41, 5.74) is 1.91. The summed E-state index contributed by atoms with van der Waals surface area (Å²) in [5, 5.41) is 0. The molecule has 1 aromatic carbocycles. The third-order valence-electron chi connectivity index (χ3n) is 2.87. The highest BCUT2D eigenvalue weighted by Gasteiger charge is 2.39. The van der Waals surface area contributed by atoms with E-state index < -0.39 is 9.93 Å². The van der Waals surface area contributed by atoms with Crippen LogP contribution in [0.1, 0.15) is 38.8 Å². The zero-order chi connectivity index (χ0) is 14.1. The second-order valence-corrected chi connectivity index (χ2v) is 7.36. The van der Waals surface area contributed by atoms with Gasteiger partial charge in [-0.3, -0.25) is 4.79 Å². The van der Waals surface area contributed by atoms with E-state index in [1.807, 2.05) is 52.8 Å². The summed E-state index contributed by atoms with van der Waals surface area (Å²) < 4.78 is 4.80. The standard InChI is InChI=1S/C15H21BrO2/c1-10-7-8-12(9-11(10)2)18-15(6,16)13(17)14(3,4)5/h7-9H,1-6H3. The maximum Gasteiger partial charge on any atom is 0.218 e. The largest absolute Gasteiger partial charge is 0.469 e. The Kier molecular flexibility index (Phi) is 4.26. The lowest BCUT2D eigenvalue weighted by molar-refractivity contribution is -0.134. The molecule has 0 saturated heterocycles. The van der Waals surface area contributed by atoms with E-state index in [1.54, 1.807) is 6.92 Å². The lowest BCUT2D eigenvalue weighted by Crippen LogP contribution is -2.42. The second kappa shape index (κ2) is 5.04. The fourth-order valence-corrected chi connectivity index (χ4v) is 2.50. The molecule has 100 valence electrons. The van der Waals surface area contributed by atoms with Gasteiger partial charge >= 0.3 is 0 Å². The molecule has 0 heterocycles. The number of hydrogen-bond acceptors (Lipinski definition) is 2. The van der Waals surface area contributed by atoms with E-state index in [0.717, 1.165) is 5.56 Å². The van der Waals surface area contributed by atoms with Gasteiger partial charge in [-0.1, -0.05) is 26.8 Å². The third-order valence-corrected chi connectivity index (χ3v) is 3.40. The summed E-state index contributed by atoms with van der Waals surface area (Å²) >= 11 is 3.39. The van der Waals surface area contributed by atoms with E-state index in [1.165, 1.54) is 5.56 Å². The predicted octanol–water partition coefficient (Wildman–Crippen LogP) is 4.41. The Balaban J connectivity index is 2.95. The van der Waals surface area contributed by atoms with Crippen molar-refractivity contribution in [3.8, 4) is 5.75 Å². The van der Waals surface area contributed by atoms with Crippen molar-refractivity contribution >= 4 is 21.7 Å². The normalized spacial score (nSPS) is 15.1. The van der Waals surface area contributed by atoms with Gasteiger partial charge in [0.2, 0.25) is 4.51 Å². The number of ketones is 1. The van der Waals surface area contributed by atoms with Gasteiger partial charge in [0.05, 0.1) is 0 Å². The second-order valence-electron chi connectivity index (χ2n) is 5.84. The number of hydrogen-bond donors (Lipinski definition) is 0. The Morgan fingerprint density at radius 3 is 2.11 bits per heavy atom. The number of carbonyl (C=O) groups excluding carboxylic acids is 1. The first-order valence-electron chi connectivity index (χ1n) is 6.04. The van der Waals surface area contributed by atoms with E-state index >= 15 is 0 Å². The van der Waals surface area contributed by atoms with E-state index in [-0.39, 0.29) is 5.78 Å². The van der Waals surface area contributed by atoms with Crippen LogP contribution in [0.2, 0.25) is 0 Å². The van der Waals surface area contributed by atoms with Crippen LogP contribution in [-0.2, 0) is 4.79 Å². The van der Waals surface area contributed by atoms with Gasteiger partial charge in [0, 0.05) is 5.41 Å². The van der Waals surface area contributed by atoms with Crippen molar-refractivity contribution < 1.29 is 9.53 Å². The van der Waals surface area contributed by atoms with Crippen LogP contribution >= 0.6 is 15.9 Å². The summed E-state index contributed by atoms with van der Waals surface area (Å²) in [6.07, 6.45) is 0. The average Bonchev–Trinajstić information content (AvgIpc) is 2.20. The molecule has 0 radical (unpaired) electrons. The number of aryl methyl sites for hydroxylation is 2. The lowest BCUT2D eigenvalue weighted by atomic mass is 9.88. The lowest BCUT2D eigenvalue weighted by Gasteiger charge is -2.29. The molecular formula is C15H21BrO2. The van der Waals surface area contributed by atoms with Gasteiger partial charge < -0.3 is 4.74 Å². The maximum absolute atomic E-state index is 12.3. The molecule has 0 aromatic heterocycles. The molecular weight excluding hydrogens is 292 g/mol. The first kappa shape index (κ1) is 15.2. The Labute approximate surface area is 118 Å². The zero-order valence-corrected chi connectivity index (χ0v) is 13.5. The van der Waals surface area contributed by atoms with Gasteiger partial charge in [0.15, 0.2) is 5.78 Å². The van der Waals surface area contributed by atoms with Gasteiger partial charge in [-0.05, 0) is 60.0 Å². The van der Waals surface area contributed by atoms with Crippen LogP contribution in [-0.4, -0.2) is 10.3 Å². The van der Waals surface area contributed by atoms with Crippen LogP contribution < -0.4 is 4.74 Å². The van der Waals surface area contributed by atoms with E-state index in [0.29, 0.717) is 5.75 Å². The summed E-state index contributed by atoms with van der Waals surface area (Å²) in [7, 11) is 0. The summed E-state index contributed by atoms with van der Waals surface area (Å²) in [5.74, 6) is 0.725. The quantitative estimate of drug-likeness (QED) is 0.773. The highest BCUT2D eigenvalue weighted by atomic mass is 79.9. The minimum atomic E-state index is -0.993. The Hall–Kier alpha value is -0.830. The average molecular weight is 313 g/mol. The molecule has 18 heavy (non-hydrogen) atoms. The molecule has 0 aliphatic rings. The first-order chi connectivity index (χ1) is 8.04. The van der Waals surface area contributed by atoms with E-state index in [2.05, 4.69) is 15.9 Å². The van der Waals surface area contributed by atoms with Crippen LogP contribution in [0.4, 0.5) is 0 Å². The highest BCUT2D eigenvalue weighted by Crippen LogP contribution is 2.32. The fourth-order valence-electron chi connectivity index (χ4n) is 1.71. The molecule has 0 spiro atoms. The van der Waals surface area contributed by atoms with Crippen LogP contribution in [0.5, 0.6) is 5.75 Å². The van der Waals surface area contributed by atoms with Gasteiger partial charge in [0.25, 0.3) is 0 Å². The molecule has 0 amide bonds. The summed E-state index contributed by atoms with van der Waals surface area (Å²) in [6.45, 7) is 11.5. The number of alkyl halides is 1. The monoisotopic (exact) mass is 312 g/mol. The molecule has 1 atom stereocenters. The molecule has 0 aliphatic heterocycles. The van der Waals surface area contributed by atoms with E-state index in [4.69, 9.17) is 4.74 Å². The molecule has 2 nitrogen and oxygen atoms in total.